The molecular formula is C8H8F3N3O3S. The number of halogens is 3. The summed E-state index contributed by atoms with van der Waals surface area (Å²) in [6.45, 7) is 0. The minimum absolute atomic E-state index is 0.142. The van der Waals surface area contributed by atoms with Crippen LogP contribution in [0.25, 0.3) is 0 Å². The van der Waals surface area contributed by atoms with E-state index < -0.39 is 28.0 Å². The van der Waals surface area contributed by atoms with E-state index in [1.807, 2.05) is 4.72 Å². The van der Waals surface area contributed by atoms with E-state index in [0.717, 1.165) is 12.1 Å². The van der Waals surface area contributed by atoms with Crippen molar-refractivity contribution in [1.29, 1.82) is 0 Å². The molecular weight excluding hydrogens is 275 g/mol. The Morgan fingerprint density at radius 3 is 2.06 bits per heavy atom. The molecule has 0 radical (unpaired) electrons. The molecule has 0 aliphatic carbocycles. The first-order chi connectivity index (χ1) is 8.10. The molecule has 0 fully saturated rings. The average Bonchev–Trinajstić information content (AvgIpc) is 2.13. The lowest BCUT2D eigenvalue weighted by Crippen LogP contribution is -2.38. The van der Waals surface area contributed by atoms with E-state index in [9.17, 15) is 26.4 Å². The van der Waals surface area contributed by atoms with Gasteiger partial charge in [-0.25, -0.2) is 9.52 Å². The zero-order valence-electron chi connectivity index (χ0n) is 8.65. The van der Waals surface area contributed by atoms with Crippen molar-refractivity contribution < 1.29 is 26.4 Å². The lowest BCUT2D eigenvalue weighted by molar-refractivity contribution is -0.137. The summed E-state index contributed by atoms with van der Waals surface area (Å²) >= 11 is 0. The number of nitrogens with one attached hydrogen (secondary N) is 2. The first-order valence-electron chi connectivity index (χ1n) is 4.37. The lowest BCUT2D eigenvalue weighted by Gasteiger charge is -2.09. The SMILES string of the molecule is NC(=O)NS(=O)(=O)Nc1ccc(C(F)(F)F)cc1. The predicted octanol–water partition coefficient (Wildman–Crippen LogP) is 1.03. The van der Waals surface area contributed by atoms with Crippen molar-refractivity contribution in [3.63, 3.8) is 0 Å². The van der Waals surface area contributed by atoms with Gasteiger partial charge >= 0.3 is 22.4 Å². The maximum absolute atomic E-state index is 12.2. The van der Waals surface area contributed by atoms with Crippen LogP contribution in [0.2, 0.25) is 0 Å². The monoisotopic (exact) mass is 283 g/mol. The third kappa shape index (κ3) is 4.13. The summed E-state index contributed by atoms with van der Waals surface area (Å²) in [5, 5.41) is 0. The van der Waals surface area contributed by atoms with E-state index >= 15 is 0 Å². The summed E-state index contributed by atoms with van der Waals surface area (Å²) in [5.74, 6) is 0. The maximum Gasteiger partial charge on any atom is 0.416 e. The summed E-state index contributed by atoms with van der Waals surface area (Å²) in [7, 11) is -4.24. The predicted molar refractivity (Wildman–Crippen MR) is 56.7 cm³/mol. The van der Waals surface area contributed by atoms with E-state index in [4.69, 9.17) is 0 Å². The number of alkyl halides is 3. The second-order valence-electron chi connectivity index (χ2n) is 3.15. The summed E-state index contributed by atoms with van der Waals surface area (Å²) in [6, 6.07) is 1.89. The smallest absolute Gasteiger partial charge is 0.351 e. The van der Waals surface area contributed by atoms with Gasteiger partial charge in [0.25, 0.3) is 0 Å². The number of benzene rings is 1. The molecule has 1 aromatic rings. The van der Waals surface area contributed by atoms with Gasteiger partial charge in [0.05, 0.1) is 11.3 Å². The molecule has 18 heavy (non-hydrogen) atoms. The van der Waals surface area contributed by atoms with Crippen molar-refractivity contribution in [2.24, 2.45) is 5.73 Å². The molecule has 4 N–H and O–H groups in total. The molecule has 1 aromatic carbocycles. The Bertz CT molecular complexity index is 539. The van der Waals surface area contributed by atoms with Gasteiger partial charge in [0.1, 0.15) is 0 Å². The largest absolute Gasteiger partial charge is 0.416 e. The minimum atomic E-state index is -4.51. The number of carbonyl (C=O) groups is 1. The van der Waals surface area contributed by atoms with E-state index in [2.05, 4.69) is 5.73 Å². The van der Waals surface area contributed by atoms with Gasteiger partial charge in [-0.3, -0.25) is 4.72 Å². The van der Waals surface area contributed by atoms with Gasteiger partial charge in [0.15, 0.2) is 0 Å². The van der Waals surface area contributed by atoms with Crippen molar-refractivity contribution in [2.45, 2.75) is 6.18 Å². The van der Waals surface area contributed by atoms with Crippen molar-refractivity contribution in [3.8, 4) is 0 Å². The molecule has 0 spiro atoms. The number of urea groups is 1. The fourth-order valence-electron chi connectivity index (χ4n) is 1.04. The molecule has 0 unspecified atom stereocenters. The van der Waals surface area contributed by atoms with Crippen molar-refractivity contribution in [1.82, 2.24) is 4.72 Å². The fraction of sp³-hybridized carbons (Fsp3) is 0.125. The standard InChI is InChI=1S/C8H8F3N3O3S/c9-8(10,11)5-1-3-6(4-2-5)13-18(16,17)14-7(12)15/h1-4,13H,(H3,12,14,15). The Morgan fingerprint density at radius 2 is 1.67 bits per heavy atom. The van der Waals surface area contributed by atoms with Gasteiger partial charge in [-0.05, 0) is 24.3 Å². The minimum Gasteiger partial charge on any atom is -0.351 e. The second-order valence-corrected chi connectivity index (χ2v) is 4.56. The Morgan fingerprint density at radius 1 is 1.17 bits per heavy atom. The van der Waals surface area contributed by atoms with Crippen LogP contribution in [0.1, 0.15) is 5.56 Å². The lowest BCUT2D eigenvalue weighted by atomic mass is 10.2. The fourth-order valence-corrected chi connectivity index (χ4v) is 1.80. The van der Waals surface area contributed by atoms with Gasteiger partial charge in [-0.2, -0.15) is 21.6 Å². The van der Waals surface area contributed by atoms with Crippen LogP contribution < -0.4 is 15.2 Å². The Labute approximate surface area is 100 Å². The second kappa shape index (κ2) is 4.72. The highest BCUT2D eigenvalue weighted by atomic mass is 32.2. The van der Waals surface area contributed by atoms with Gasteiger partial charge in [0.2, 0.25) is 0 Å². The van der Waals surface area contributed by atoms with Crippen LogP contribution in [0.5, 0.6) is 0 Å². The third-order valence-electron chi connectivity index (χ3n) is 1.70. The molecule has 0 saturated carbocycles. The van der Waals surface area contributed by atoms with Crippen LogP contribution in [0.15, 0.2) is 24.3 Å². The molecule has 0 heterocycles. The van der Waals surface area contributed by atoms with Crippen LogP contribution in [-0.2, 0) is 16.4 Å². The molecule has 6 nitrogen and oxygen atoms in total. The highest BCUT2D eigenvalue weighted by Gasteiger charge is 2.30. The topological polar surface area (TPSA) is 101 Å². The first kappa shape index (κ1) is 14.1. The number of hydrogen-bond donors (Lipinski definition) is 3. The third-order valence-corrected chi connectivity index (χ3v) is 2.67. The average molecular weight is 283 g/mol. The molecule has 0 aliphatic heterocycles. The zero-order valence-corrected chi connectivity index (χ0v) is 9.47. The number of hydrogen-bond acceptors (Lipinski definition) is 3. The van der Waals surface area contributed by atoms with Crippen LogP contribution in [0.4, 0.5) is 23.7 Å². The summed E-state index contributed by atoms with van der Waals surface area (Å²) in [5.41, 5.74) is 3.53. The highest BCUT2D eigenvalue weighted by Crippen LogP contribution is 2.29. The Kier molecular flexibility index (Phi) is 3.70. The van der Waals surface area contributed by atoms with Crippen LogP contribution in [0, 0.1) is 0 Å². The summed E-state index contributed by atoms with van der Waals surface area (Å²) < 4.78 is 62.2. The number of carbonyl (C=O) groups excluding carboxylic acids is 1. The van der Waals surface area contributed by atoms with Crippen molar-refractivity contribution in [3.05, 3.63) is 29.8 Å². The van der Waals surface area contributed by atoms with Gasteiger partial charge in [-0.15, -0.1) is 0 Å². The first-order valence-corrected chi connectivity index (χ1v) is 5.86. The Balaban J connectivity index is 2.85. The normalized spacial score (nSPS) is 11.9. The molecule has 100 valence electrons. The molecule has 0 aromatic heterocycles. The molecule has 0 aliphatic rings. The van der Waals surface area contributed by atoms with Gasteiger partial charge in [-0.1, -0.05) is 0 Å². The van der Waals surface area contributed by atoms with Crippen LogP contribution >= 0.6 is 0 Å². The maximum atomic E-state index is 12.2. The van der Waals surface area contributed by atoms with Crippen molar-refractivity contribution in [2.75, 3.05) is 4.72 Å². The number of rotatable bonds is 3. The number of nitrogens with two attached hydrogens (primary N) is 1. The Hall–Kier alpha value is -1.97. The summed E-state index contributed by atoms with van der Waals surface area (Å²) in [6.07, 6.45) is -4.51. The van der Waals surface area contributed by atoms with E-state index in [1.54, 1.807) is 0 Å². The van der Waals surface area contributed by atoms with E-state index in [0.29, 0.717) is 12.1 Å². The number of anilines is 1. The molecule has 0 bridgehead atoms. The molecule has 0 atom stereocenters. The van der Waals surface area contributed by atoms with Crippen LogP contribution in [0.3, 0.4) is 0 Å². The molecule has 0 saturated heterocycles. The summed E-state index contributed by atoms with van der Waals surface area (Å²) in [4.78, 5) is 10.3. The molecule has 1 rings (SSSR count). The molecule has 10 heteroatoms. The number of amides is 2. The molecule has 2 amide bonds. The van der Waals surface area contributed by atoms with Gasteiger partial charge in [0, 0.05) is 0 Å². The van der Waals surface area contributed by atoms with Crippen LogP contribution in [-0.4, -0.2) is 14.4 Å². The highest BCUT2D eigenvalue weighted by molar-refractivity contribution is 7.91. The quantitative estimate of drug-likeness (QED) is 0.772. The van der Waals surface area contributed by atoms with Crippen molar-refractivity contribution >= 4 is 21.9 Å². The van der Waals surface area contributed by atoms with E-state index in [-0.39, 0.29) is 5.69 Å². The zero-order chi connectivity index (χ0) is 14.0. The van der Waals surface area contributed by atoms with Gasteiger partial charge < -0.3 is 5.73 Å². The van der Waals surface area contributed by atoms with E-state index in [1.165, 1.54) is 4.72 Å². The number of primary amides is 1.